The maximum absolute atomic E-state index is 11.8. The Morgan fingerprint density at radius 2 is 1.70 bits per heavy atom. The molecule has 0 aromatic heterocycles. The van der Waals surface area contributed by atoms with Gasteiger partial charge in [-0.3, -0.25) is 4.79 Å². The van der Waals surface area contributed by atoms with Gasteiger partial charge in [-0.25, -0.2) is 0 Å². The zero-order valence-corrected chi connectivity index (χ0v) is 14.1. The molecule has 0 unspecified atom stereocenters. The van der Waals surface area contributed by atoms with Crippen molar-refractivity contribution in [3.8, 4) is 0 Å². The summed E-state index contributed by atoms with van der Waals surface area (Å²) in [5, 5.41) is 5.94. The number of amides is 1. The first-order chi connectivity index (χ1) is 9.54. The van der Waals surface area contributed by atoms with Gasteiger partial charge in [-0.1, -0.05) is 31.9 Å². The molecule has 5 heteroatoms. The highest BCUT2D eigenvalue weighted by molar-refractivity contribution is 9.10. The molecule has 2 aromatic rings. The number of halogens is 2. The van der Waals surface area contributed by atoms with Crippen LogP contribution in [0.1, 0.15) is 5.56 Å². The van der Waals surface area contributed by atoms with Crippen molar-refractivity contribution in [3.63, 3.8) is 0 Å². The van der Waals surface area contributed by atoms with Crippen LogP contribution in [0.2, 0.25) is 0 Å². The summed E-state index contributed by atoms with van der Waals surface area (Å²) in [4.78, 5) is 11.8. The lowest BCUT2D eigenvalue weighted by Crippen LogP contribution is -2.21. The van der Waals surface area contributed by atoms with Crippen molar-refractivity contribution in [2.75, 3.05) is 17.2 Å². The maximum atomic E-state index is 11.8. The average Bonchev–Trinajstić information content (AvgIpc) is 2.43. The largest absolute Gasteiger partial charge is 0.376 e. The molecule has 3 nitrogen and oxygen atoms in total. The lowest BCUT2D eigenvalue weighted by Gasteiger charge is -2.09. The molecule has 0 aliphatic heterocycles. The summed E-state index contributed by atoms with van der Waals surface area (Å²) in [5.41, 5.74) is 2.84. The highest BCUT2D eigenvalue weighted by atomic mass is 79.9. The molecular weight excluding hydrogens is 384 g/mol. The van der Waals surface area contributed by atoms with E-state index in [0.29, 0.717) is 0 Å². The molecule has 0 bridgehead atoms. The third-order valence-electron chi connectivity index (χ3n) is 2.74. The number of hydrogen-bond acceptors (Lipinski definition) is 2. The first-order valence-corrected chi connectivity index (χ1v) is 7.68. The lowest BCUT2D eigenvalue weighted by atomic mass is 10.2. The van der Waals surface area contributed by atoms with E-state index < -0.39 is 0 Å². The van der Waals surface area contributed by atoms with E-state index in [-0.39, 0.29) is 12.5 Å². The first kappa shape index (κ1) is 15.1. The zero-order valence-electron chi connectivity index (χ0n) is 10.9. The van der Waals surface area contributed by atoms with E-state index >= 15 is 0 Å². The van der Waals surface area contributed by atoms with Crippen molar-refractivity contribution in [1.29, 1.82) is 0 Å². The molecule has 0 atom stereocenters. The van der Waals surface area contributed by atoms with Crippen LogP contribution < -0.4 is 10.6 Å². The Morgan fingerprint density at radius 1 is 1.05 bits per heavy atom. The number of aryl methyl sites for hydroxylation is 1. The zero-order chi connectivity index (χ0) is 14.5. The monoisotopic (exact) mass is 396 g/mol. The van der Waals surface area contributed by atoms with E-state index in [9.17, 15) is 4.79 Å². The van der Waals surface area contributed by atoms with E-state index in [0.717, 1.165) is 25.9 Å². The van der Waals surface area contributed by atoms with Gasteiger partial charge < -0.3 is 10.6 Å². The smallest absolute Gasteiger partial charge is 0.243 e. The molecule has 0 heterocycles. The Labute approximate surface area is 135 Å². The molecule has 0 fully saturated rings. The number of hydrogen-bond donors (Lipinski definition) is 2. The Hall–Kier alpha value is -1.33. The second-order valence-electron chi connectivity index (χ2n) is 4.37. The number of benzene rings is 2. The van der Waals surface area contributed by atoms with Crippen LogP contribution in [0.25, 0.3) is 0 Å². The molecular formula is C15H14Br2N2O. The lowest BCUT2D eigenvalue weighted by molar-refractivity contribution is -0.114. The van der Waals surface area contributed by atoms with Crippen molar-refractivity contribution < 1.29 is 4.79 Å². The second-order valence-corrected chi connectivity index (χ2v) is 6.14. The number of nitrogens with one attached hydrogen (secondary N) is 2. The average molecular weight is 398 g/mol. The number of carbonyl (C=O) groups excluding carboxylic acids is 1. The quantitative estimate of drug-likeness (QED) is 0.793. The van der Waals surface area contributed by atoms with Gasteiger partial charge in [0.2, 0.25) is 5.91 Å². The van der Waals surface area contributed by atoms with E-state index in [2.05, 4.69) is 42.5 Å². The van der Waals surface area contributed by atoms with Gasteiger partial charge in [0.05, 0.1) is 6.54 Å². The summed E-state index contributed by atoms with van der Waals surface area (Å²) in [6.07, 6.45) is 0. The van der Waals surface area contributed by atoms with Crippen LogP contribution in [0.15, 0.2) is 51.4 Å². The summed E-state index contributed by atoms with van der Waals surface area (Å²) in [6, 6.07) is 13.4. The fraction of sp³-hybridized carbons (Fsp3) is 0.133. The van der Waals surface area contributed by atoms with Gasteiger partial charge in [-0.05, 0) is 55.0 Å². The SMILES string of the molecule is Cc1cc(NCC(=O)Nc2ccc(Br)cc2)ccc1Br. The Kier molecular flexibility index (Phi) is 5.20. The molecule has 2 N–H and O–H groups in total. The van der Waals surface area contributed by atoms with E-state index in [1.165, 1.54) is 0 Å². The van der Waals surface area contributed by atoms with Gasteiger partial charge in [0.1, 0.15) is 0 Å². The molecule has 1 amide bonds. The number of anilines is 2. The van der Waals surface area contributed by atoms with Gasteiger partial charge in [-0.2, -0.15) is 0 Å². The predicted octanol–water partition coefficient (Wildman–Crippen LogP) is 4.57. The summed E-state index contributed by atoms with van der Waals surface area (Å²) >= 11 is 6.81. The van der Waals surface area contributed by atoms with Gasteiger partial charge in [0, 0.05) is 20.3 Å². The van der Waals surface area contributed by atoms with Gasteiger partial charge in [0.25, 0.3) is 0 Å². The van der Waals surface area contributed by atoms with Crippen LogP contribution in [0, 0.1) is 6.92 Å². The van der Waals surface area contributed by atoms with Crippen molar-refractivity contribution >= 4 is 49.1 Å². The first-order valence-electron chi connectivity index (χ1n) is 6.10. The molecule has 0 saturated carbocycles. The Morgan fingerprint density at radius 3 is 2.35 bits per heavy atom. The van der Waals surface area contributed by atoms with Crippen LogP contribution >= 0.6 is 31.9 Å². The molecule has 2 aromatic carbocycles. The third-order valence-corrected chi connectivity index (χ3v) is 4.16. The van der Waals surface area contributed by atoms with Crippen LogP contribution in [0.3, 0.4) is 0 Å². The molecule has 20 heavy (non-hydrogen) atoms. The predicted molar refractivity (Wildman–Crippen MR) is 90.1 cm³/mol. The minimum Gasteiger partial charge on any atom is -0.376 e. The summed E-state index contributed by atoms with van der Waals surface area (Å²) in [7, 11) is 0. The van der Waals surface area contributed by atoms with Crippen molar-refractivity contribution in [2.24, 2.45) is 0 Å². The third kappa shape index (κ3) is 4.35. The highest BCUT2D eigenvalue weighted by Gasteiger charge is 2.03. The number of rotatable bonds is 4. The minimum atomic E-state index is -0.0760. The summed E-state index contributed by atoms with van der Waals surface area (Å²) < 4.78 is 2.04. The van der Waals surface area contributed by atoms with Crippen LogP contribution in [-0.4, -0.2) is 12.5 Å². The molecule has 104 valence electrons. The van der Waals surface area contributed by atoms with Crippen molar-refractivity contribution in [2.45, 2.75) is 6.92 Å². The van der Waals surface area contributed by atoms with Gasteiger partial charge in [-0.15, -0.1) is 0 Å². The maximum Gasteiger partial charge on any atom is 0.243 e. The number of carbonyl (C=O) groups is 1. The van der Waals surface area contributed by atoms with Crippen LogP contribution in [0.5, 0.6) is 0 Å². The standard InChI is InChI=1S/C15H14Br2N2O/c1-10-8-13(6-7-14(10)17)18-9-15(20)19-12-4-2-11(16)3-5-12/h2-8,18H,9H2,1H3,(H,19,20). The van der Waals surface area contributed by atoms with E-state index in [1.54, 1.807) is 0 Å². The van der Waals surface area contributed by atoms with Crippen molar-refractivity contribution in [3.05, 3.63) is 57.0 Å². The van der Waals surface area contributed by atoms with Crippen LogP contribution in [-0.2, 0) is 4.79 Å². The Balaban J connectivity index is 1.88. The summed E-state index contributed by atoms with van der Waals surface area (Å²) in [5.74, 6) is -0.0760. The minimum absolute atomic E-state index is 0.0760. The molecule has 2 rings (SSSR count). The van der Waals surface area contributed by atoms with E-state index in [4.69, 9.17) is 0 Å². The van der Waals surface area contributed by atoms with Gasteiger partial charge >= 0.3 is 0 Å². The van der Waals surface area contributed by atoms with Gasteiger partial charge in [0.15, 0.2) is 0 Å². The Bertz CT molecular complexity index is 612. The topological polar surface area (TPSA) is 41.1 Å². The molecule has 0 radical (unpaired) electrons. The normalized spacial score (nSPS) is 10.2. The van der Waals surface area contributed by atoms with E-state index in [1.807, 2.05) is 49.4 Å². The fourth-order valence-electron chi connectivity index (χ4n) is 1.68. The molecule has 0 aliphatic carbocycles. The molecule has 0 spiro atoms. The molecule has 0 aliphatic rings. The fourth-order valence-corrected chi connectivity index (χ4v) is 2.19. The molecule has 0 saturated heterocycles. The van der Waals surface area contributed by atoms with Crippen LogP contribution in [0.4, 0.5) is 11.4 Å². The highest BCUT2D eigenvalue weighted by Crippen LogP contribution is 2.20. The summed E-state index contributed by atoms with van der Waals surface area (Å²) in [6.45, 7) is 2.24. The second kappa shape index (κ2) is 6.90. The van der Waals surface area contributed by atoms with Crippen molar-refractivity contribution in [1.82, 2.24) is 0 Å².